The van der Waals surface area contributed by atoms with Crippen LogP contribution < -0.4 is 10.2 Å². The molecule has 0 radical (unpaired) electrons. The minimum absolute atomic E-state index is 0.600. The molecule has 0 amide bonds. The van der Waals surface area contributed by atoms with Crippen LogP contribution in [0.25, 0.3) is 0 Å². The number of hydrogen-bond acceptors (Lipinski definition) is 4. The van der Waals surface area contributed by atoms with Crippen molar-refractivity contribution in [3.8, 4) is 11.5 Å². The Bertz CT molecular complexity index is 618. The van der Waals surface area contributed by atoms with E-state index in [4.69, 9.17) is 9.39 Å². The highest BCUT2D eigenvalue weighted by molar-refractivity contribution is 6.60. The predicted molar refractivity (Wildman–Crippen MR) is 92.0 cm³/mol. The maximum Gasteiger partial charge on any atom is 0.491 e. The first-order valence-corrected chi connectivity index (χ1v) is 7.60. The van der Waals surface area contributed by atoms with E-state index in [2.05, 4.69) is 0 Å². The standard InChI is InChI=1S/C18H23BO4/c1-17(2,20)18(3,4)23-19(21)14-10-12-16(13-11-14)22-15-8-6-5-7-9-15/h5-13,20-21H,1-4H3. The molecule has 0 spiro atoms. The van der Waals surface area contributed by atoms with Crippen molar-refractivity contribution in [2.24, 2.45) is 0 Å². The van der Waals surface area contributed by atoms with Gasteiger partial charge in [-0.3, -0.25) is 0 Å². The topological polar surface area (TPSA) is 58.9 Å². The normalized spacial score (nSPS) is 12.1. The van der Waals surface area contributed by atoms with Crippen LogP contribution in [0, 0.1) is 0 Å². The smallest absolute Gasteiger partial charge is 0.457 e. The SMILES string of the molecule is CC(C)(O)C(C)(C)OB(O)c1ccc(Oc2ccccc2)cc1. The zero-order valence-electron chi connectivity index (χ0n) is 14.0. The van der Waals surface area contributed by atoms with Crippen LogP contribution in [0.5, 0.6) is 11.5 Å². The first-order chi connectivity index (χ1) is 10.7. The summed E-state index contributed by atoms with van der Waals surface area (Å²) in [6.07, 6.45) is 0. The van der Waals surface area contributed by atoms with E-state index in [1.54, 1.807) is 52.0 Å². The van der Waals surface area contributed by atoms with Gasteiger partial charge >= 0.3 is 7.12 Å². The molecule has 0 bridgehead atoms. The first-order valence-electron chi connectivity index (χ1n) is 7.60. The molecule has 23 heavy (non-hydrogen) atoms. The lowest BCUT2D eigenvalue weighted by atomic mass is 9.76. The lowest BCUT2D eigenvalue weighted by Crippen LogP contribution is -2.53. The fourth-order valence-electron chi connectivity index (χ4n) is 1.82. The maximum absolute atomic E-state index is 10.2. The van der Waals surface area contributed by atoms with Crippen molar-refractivity contribution in [2.75, 3.05) is 0 Å². The third kappa shape index (κ3) is 4.58. The first kappa shape index (κ1) is 17.5. The summed E-state index contributed by atoms with van der Waals surface area (Å²) in [6, 6.07) is 16.5. The fourth-order valence-corrected chi connectivity index (χ4v) is 1.82. The third-order valence-corrected chi connectivity index (χ3v) is 4.02. The van der Waals surface area contributed by atoms with Gasteiger partial charge in [-0.25, -0.2) is 0 Å². The van der Waals surface area contributed by atoms with Gasteiger partial charge in [0.15, 0.2) is 0 Å². The van der Waals surface area contributed by atoms with Gasteiger partial charge in [0, 0.05) is 0 Å². The molecule has 2 aromatic carbocycles. The molecule has 0 saturated carbocycles. The molecule has 2 aromatic rings. The molecule has 5 heteroatoms. The van der Waals surface area contributed by atoms with Gasteiger partial charge in [0.25, 0.3) is 0 Å². The van der Waals surface area contributed by atoms with E-state index in [0.29, 0.717) is 11.2 Å². The van der Waals surface area contributed by atoms with Crippen molar-refractivity contribution < 1.29 is 19.5 Å². The zero-order chi connectivity index (χ0) is 17.1. The van der Waals surface area contributed by atoms with Crippen LogP contribution in [0.15, 0.2) is 54.6 Å². The Morgan fingerprint density at radius 3 is 1.87 bits per heavy atom. The summed E-state index contributed by atoms with van der Waals surface area (Å²) >= 11 is 0. The van der Waals surface area contributed by atoms with Gasteiger partial charge in [-0.15, -0.1) is 0 Å². The molecule has 0 fully saturated rings. The Kier molecular flexibility index (Phi) is 5.14. The summed E-state index contributed by atoms with van der Waals surface area (Å²) < 4.78 is 11.3. The second-order valence-electron chi connectivity index (χ2n) is 6.52. The Morgan fingerprint density at radius 1 is 0.826 bits per heavy atom. The molecule has 0 atom stereocenters. The second-order valence-corrected chi connectivity index (χ2v) is 6.52. The molecule has 0 unspecified atom stereocenters. The molecule has 2 rings (SSSR count). The summed E-state index contributed by atoms with van der Waals surface area (Å²) in [5.41, 5.74) is -1.38. The van der Waals surface area contributed by atoms with Crippen molar-refractivity contribution in [1.29, 1.82) is 0 Å². The quantitative estimate of drug-likeness (QED) is 0.805. The third-order valence-electron chi connectivity index (χ3n) is 4.02. The van der Waals surface area contributed by atoms with Crippen molar-refractivity contribution in [3.05, 3.63) is 54.6 Å². The monoisotopic (exact) mass is 314 g/mol. The molecule has 0 aliphatic carbocycles. The molecule has 0 saturated heterocycles. The molecule has 0 aliphatic rings. The van der Waals surface area contributed by atoms with E-state index in [1.807, 2.05) is 30.3 Å². The van der Waals surface area contributed by atoms with Crippen LogP contribution in [-0.4, -0.2) is 28.5 Å². The largest absolute Gasteiger partial charge is 0.491 e. The summed E-state index contributed by atoms with van der Waals surface area (Å²) in [6.45, 7) is 6.78. The van der Waals surface area contributed by atoms with Gasteiger partial charge in [0.05, 0.1) is 11.2 Å². The summed E-state index contributed by atoms with van der Waals surface area (Å²) in [5, 5.41) is 20.3. The summed E-state index contributed by atoms with van der Waals surface area (Å²) in [5.74, 6) is 1.43. The predicted octanol–water partition coefficient (Wildman–Crippen LogP) is 2.73. The maximum atomic E-state index is 10.2. The Balaban J connectivity index is 2.04. The molecular weight excluding hydrogens is 291 g/mol. The van der Waals surface area contributed by atoms with Gasteiger partial charge in [-0.05, 0) is 57.4 Å². The van der Waals surface area contributed by atoms with Gasteiger partial charge in [0.2, 0.25) is 0 Å². The van der Waals surface area contributed by atoms with E-state index in [9.17, 15) is 10.1 Å². The number of aliphatic hydroxyl groups is 1. The van der Waals surface area contributed by atoms with Crippen LogP contribution >= 0.6 is 0 Å². The van der Waals surface area contributed by atoms with E-state index in [1.165, 1.54) is 0 Å². The molecule has 4 nitrogen and oxygen atoms in total. The van der Waals surface area contributed by atoms with E-state index >= 15 is 0 Å². The van der Waals surface area contributed by atoms with Crippen molar-refractivity contribution in [1.82, 2.24) is 0 Å². The number of benzene rings is 2. The Morgan fingerprint density at radius 2 is 1.35 bits per heavy atom. The van der Waals surface area contributed by atoms with Crippen LogP contribution in [0.3, 0.4) is 0 Å². The Labute approximate surface area is 137 Å². The minimum atomic E-state index is -1.12. The second kappa shape index (κ2) is 6.75. The average molecular weight is 314 g/mol. The van der Waals surface area contributed by atoms with E-state index in [-0.39, 0.29) is 0 Å². The van der Waals surface area contributed by atoms with Crippen LogP contribution in [0.4, 0.5) is 0 Å². The number of ether oxygens (including phenoxy) is 1. The van der Waals surface area contributed by atoms with Gasteiger partial charge in [0.1, 0.15) is 11.5 Å². The summed E-state index contributed by atoms with van der Waals surface area (Å²) in [4.78, 5) is 0. The van der Waals surface area contributed by atoms with Gasteiger partial charge in [-0.2, -0.15) is 0 Å². The van der Waals surface area contributed by atoms with Crippen molar-refractivity contribution in [2.45, 2.75) is 38.9 Å². The molecule has 2 N–H and O–H groups in total. The molecule has 0 aromatic heterocycles. The number of hydrogen-bond donors (Lipinski definition) is 2. The van der Waals surface area contributed by atoms with Gasteiger partial charge in [-0.1, -0.05) is 30.3 Å². The van der Waals surface area contributed by atoms with Crippen molar-refractivity contribution in [3.63, 3.8) is 0 Å². The highest BCUT2D eigenvalue weighted by atomic mass is 16.5. The minimum Gasteiger partial charge on any atom is -0.457 e. The van der Waals surface area contributed by atoms with E-state index in [0.717, 1.165) is 5.75 Å². The fraction of sp³-hybridized carbons (Fsp3) is 0.333. The Hall–Kier alpha value is -1.82. The average Bonchev–Trinajstić information content (AvgIpc) is 2.47. The molecule has 122 valence electrons. The molecular formula is C18H23BO4. The zero-order valence-corrected chi connectivity index (χ0v) is 14.0. The highest BCUT2D eigenvalue weighted by Crippen LogP contribution is 2.25. The lowest BCUT2D eigenvalue weighted by Gasteiger charge is -2.38. The lowest BCUT2D eigenvalue weighted by molar-refractivity contribution is -0.0982. The summed E-state index contributed by atoms with van der Waals surface area (Å²) in [7, 11) is -1.12. The van der Waals surface area contributed by atoms with Crippen LogP contribution in [-0.2, 0) is 4.65 Å². The number of para-hydroxylation sites is 1. The molecule has 0 aliphatic heterocycles. The van der Waals surface area contributed by atoms with E-state index < -0.39 is 18.3 Å². The van der Waals surface area contributed by atoms with Crippen LogP contribution in [0.1, 0.15) is 27.7 Å². The highest BCUT2D eigenvalue weighted by Gasteiger charge is 2.39. The number of rotatable bonds is 6. The molecule has 0 heterocycles. The van der Waals surface area contributed by atoms with Crippen LogP contribution in [0.2, 0.25) is 0 Å². The van der Waals surface area contributed by atoms with Crippen molar-refractivity contribution >= 4 is 12.6 Å². The van der Waals surface area contributed by atoms with Gasteiger partial charge < -0.3 is 19.5 Å².